The van der Waals surface area contributed by atoms with Crippen LogP contribution in [0.3, 0.4) is 0 Å². The Labute approximate surface area is 61.8 Å². The van der Waals surface area contributed by atoms with Crippen LogP contribution in [0.25, 0.3) is 0 Å². The molecule has 2 aliphatic rings. The lowest BCUT2D eigenvalue weighted by Crippen LogP contribution is -2.12. The van der Waals surface area contributed by atoms with Gasteiger partial charge in [-0.3, -0.25) is 4.79 Å². The Bertz CT molecular complexity index is 177. The fraction of sp³-hybridized carbons (Fsp3) is 0.889. The van der Waals surface area contributed by atoms with Gasteiger partial charge in [0.15, 0.2) is 0 Å². The highest BCUT2D eigenvalue weighted by Crippen LogP contribution is 2.66. The summed E-state index contributed by atoms with van der Waals surface area (Å²) in [5.74, 6) is 0.525. The van der Waals surface area contributed by atoms with E-state index in [4.69, 9.17) is 0 Å². The number of carbonyl (C=O) groups excluding carboxylic acids is 1. The van der Waals surface area contributed by atoms with Crippen LogP contribution < -0.4 is 0 Å². The number of Topliss-reactive ketones (excluding diaryl/α,β-unsaturated/α-hetero) is 1. The molecular formula is C9H14O. The Balaban J connectivity index is 2.30. The van der Waals surface area contributed by atoms with Crippen LogP contribution in [0.5, 0.6) is 0 Å². The molecular weight excluding hydrogens is 124 g/mol. The molecule has 1 nitrogen and oxygen atoms in total. The maximum atomic E-state index is 11.4. The molecule has 0 bridgehead atoms. The molecule has 0 saturated heterocycles. The Morgan fingerprint density at radius 1 is 1.10 bits per heavy atom. The van der Waals surface area contributed by atoms with Gasteiger partial charge in [0.05, 0.1) is 0 Å². The molecule has 0 N–H and O–H groups in total. The Hall–Kier alpha value is -0.330. The molecule has 1 heteroatoms. The van der Waals surface area contributed by atoms with Crippen molar-refractivity contribution in [3.63, 3.8) is 0 Å². The van der Waals surface area contributed by atoms with Crippen LogP contribution in [0, 0.1) is 10.8 Å². The summed E-state index contributed by atoms with van der Waals surface area (Å²) in [6.07, 6.45) is 4.81. The average molecular weight is 138 g/mol. The first-order valence-electron chi connectivity index (χ1n) is 4.16. The van der Waals surface area contributed by atoms with Gasteiger partial charge in [-0.15, -0.1) is 0 Å². The van der Waals surface area contributed by atoms with Gasteiger partial charge in [0.2, 0.25) is 0 Å². The molecule has 0 aromatic carbocycles. The highest BCUT2D eigenvalue weighted by Gasteiger charge is 2.70. The van der Waals surface area contributed by atoms with Gasteiger partial charge < -0.3 is 0 Å². The van der Waals surface area contributed by atoms with Crippen LogP contribution >= 0.6 is 0 Å². The molecule has 2 fully saturated rings. The molecule has 2 unspecified atom stereocenters. The third-order valence-electron chi connectivity index (χ3n) is 3.76. The molecule has 0 spiro atoms. The third-order valence-corrected chi connectivity index (χ3v) is 3.76. The van der Waals surface area contributed by atoms with E-state index >= 15 is 0 Å². The summed E-state index contributed by atoms with van der Waals surface area (Å²) in [4.78, 5) is 11.4. The molecule has 0 aliphatic heterocycles. The summed E-state index contributed by atoms with van der Waals surface area (Å²) in [5, 5.41) is 0. The van der Waals surface area contributed by atoms with Crippen LogP contribution in [-0.4, -0.2) is 5.78 Å². The van der Waals surface area contributed by atoms with E-state index in [9.17, 15) is 4.79 Å². The molecule has 0 heterocycles. The lowest BCUT2D eigenvalue weighted by atomic mass is 9.82. The topological polar surface area (TPSA) is 17.1 Å². The second-order valence-electron chi connectivity index (χ2n) is 4.20. The van der Waals surface area contributed by atoms with Crippen molar-refractivity contribution in [1.29, 1.82) is 0 Å². The number of hydrogen-bond acceptors (Lipinski definition) is 1. The normalized spacial score (nSPS) is 52.4. The van der Waals surface area contributed by atoms with Crippen molar-refractivity contribution in [2.75, 3.05) is 0 Å². The molecule has 10 heavy (non-hydrogen) atoms. The number of ketones is 1. The molecule has 56 valence electrons. The Morgan fingerprint density at radius 2 is 1.50 bits per heavy atom. The minimum Gasteiger partial charge on any atom is -0.298 e. The first-order chi connectivity index (χ1) is 4.61. The third kappa shape index (κ3) is 0.446. The van der Waals surface area contributed by atoms with Gasteiger partial charge in [-0.05, 0) is 12.8 Å². The molecule has 0 radical (unpaired) electrons. The zero-order valence-corrected chi connectivity index (χ0v) is 6.74. The molecule has 2 atom stereocenters. The van der Waals surface area contributed by atoms with Gasteiger partial charge in [-0.2, -0.15) is 0 Å². The predicted octanol–water partition coefficient (Wildman–Crippen LogP) is 2.16. The van der Waals surface area contributed by atoms with Crippen molar-refractivity contribution in [2.24, 2.45) is 10.8 Å². The van der Waals surface area contributed by atoms with Crippen molar-refractivity contribution in [3.8, 4) is 0 Å². The minimum absolute atomic E-state index is 0.102. The molecule has 0 aromatic rings. The van der Waals surface area contributed by atoms with Crippen LogP contribution in [0.1, 0.15) is 39.5 Å². The lowest BCUT2D eigenvalue weighted by Gasteiger charge is -2.20. The van der Waals surface area contributed by atoms with E-state index in [1.54, 1.807) is 0 Å². The Kier molecular flexibility index (Phi) is 0.934. The summed E-state index contributed by atoms with van der Waals surface area (Å²) in [5.41, 5.74) is 0.205. The molecule has 0 aromatic heterocycles. The SMILES string of the molecule is CC12CCCCC1(C)C2=O. The zero-order valence-electron chi connectivity index (χ0n) is 6.74. The van der Waals surface area contributed by atoms with Gasteiger partial charge >= 0.3 is 0 Å². The van der Waals surface area contributed by atoms with E-state index in [0.717, 1.165) is 12.8 Å². The second kappa shape index (κ2) is 1.46. The maximum absolute atomic E-state index is 11.4. The van der Waals surface area contributed by atoms with Crippen molar-refractivity contribution in [1.82, 2.24) is 0 Å². The second-order valence-corrected chi connectivity index (χ2v) is 4.20. The number of hydrogen-bond donors (Lipinski definition) is 0. The van der Waals surface area contributed by atoms with Crippen molar-refractivity contribution < 1.29 is 4.79 Å². The molecule has 2 rings (SSSR count). The number of fused-ring (bicyclic) bond motifs is 1. The lowest BCUT2D eigenvalue weighted by molar-refractivity contribution is -0.114. The van der Waals surface area contributed by atoms with E-state index < -0.39 is 0 Å². The molecule has 2 saturated carbocycles. The Morgan fingerprint density at radius 3 is 1.80 bits per heavy atom. The first-order valence-corrected chi connectivity index (χ1v) is 4.16. The summed E-state index contributed by atoms with van der Waals surface area (Å²) in [7, 11) is 0. The van der Waals surface area contributed by atoms with Crippen molar-refractivity contribution in [3.05, 3.63) is 0 Å². The van der Waals surface area contributed by atoms with Crippen LogP contribution in [-0.2, 0) is 4.79 Å². The monoisotopic (exact) mass is 138 g/mol. The van der Waals surface area contributed by atoms with Gasteiger partial charge in [0.1, 0.15) is 5.78 Å². The van der Waals surface area contributed by atoms with E-state index in [0.29, 0.717) is 5.78 Å². The smallest absolute Gasteiger partial charge is 0.146 e. The van der Waals surface area contributed by atoms with Crippen molar-refractivity contribution in [2.45, 2.75) is 39.5 Å². The summed E-state index contributed by atoms with van der Waals surface area (Å²) in [6, 6.07) is 0. The summed E-state index contributed by atoms with van der Waals surface area (Å²) in [6.45, 7) is 4.27. The first kappa shape index (κ1) is 6.38. The van der Waals surface area contributed by atoms with Gasteiger partial charge in [0.25, 0.3) is 0 Å². The standard InChI is InChI=1S/C9H14O/c1-8-5-3-4-6-9(8,2)7(8)10/h3-6H2,1-2H3. The van der Waals surface area contributed by atoms with Crippen LogP contribution in [0.15, 0.2) is 0 Å². The van der Waals surface area contributed by atoms with Gasteiger partial charge in [0, 0.05) is 10.8 Å². The quantitative estimate of drug-likeness (QED) is 0.501. The van der Waals surface area contributed by atoms with Crippen molar-refractivity contribution >= 4 is 5.78 Å². The van der Waals surface area contributed by atoms with E-state index in [1.165, 1.54) is 12.8 Å². The fourth-order valence-corrected chi connectivity index (χ4v) is 2.51. The number of rotatable bonds is 0. The van der Waals surface area contributed by atoms with E-state index in [2.05, 4.69) is 13.8 Å². The largest absolute Gasteiger partial charge is 0.298 e. The average Bonchev–Trinajstić information content (AvgIpc) is 2.35. The van der Waals surface area contributed by atoms with E-state index in [1.807, 2.05) is 0 Å². The maximum Gasteiger partial charge on any atom is 0.146 e. The highest BCUT2D eigenvalue weighted by atomic mass is 16.1. The van der Waals surface area contributed by atoms with E-state index in [-0.39, 0.29) is 10.8 Å². The summed E-state index contributed by atoms with van der Waals surface area (Å²) < 4.78 is 0. The van der Waals surface area contributed by atoms with Crippen LogP contribution in [0.4, 0.5) is 0 Å². The van der Waals surface area contributed by atoms with Gasteiger partial charge in [-0.1, -0.05) is 26.7 Å². The number of carbonyl (C=O) groups is 1. The summed E-state index contributed by atoms with van der Waals surface area (Å²) >= 11 is 0. The van der Waals surface area contributed by atoms with Gasteiger partial charge in [-0.25, -0.2) is 0 Å². The molecule has 2 aliphatic carbocycles. The predicted molar refractivity (Wildman–Crippen MR) is 39.7 cm³/mol. The molecule has 0 amide bonds. The fourth-order valence-electron chi connectivity index (χ4n) is 2.51. The zero-order chi connectivity index (χ0) is 7.41. The minimum atomic E-state index is 0.102. The highest BCUT2D eigenvalue weighted by molar-refractivity contribution is 6.07. The van der Waals surface area contributed by atoms with Crippen LogP contribution in [0.2, 0.25) is 0 Å².